The van der Waals surface area contributed by atoms with Gasteiger partial charge in [-0.25, -0.2) is 0 Å². The Hall–Kier alpha value is -1.26. The highest BCUT2D eigenvalue weighted by molar-refractivity contribution is 6.35. The predicted molar refractivity (Wildman–Crippen MR) is 83.9 cm³/mol. The third-order valence-corrected chi connectivity index (χ3v) is 3.60. The molecule has 1 amide bonds. The Morgan fingerprint density at radius 2 is 1.86 bits per heavy atom. The third kappa shape index (κ3) is 5.56. The van der Waals surface area contributed by atoms with Crippen LogP contribution in [0.4, 0.5) is 0 Å². The molecular formula is C15H19Cl2NO3. The molecule has 0 fully saturated rings. The molecule has 0 aliphatic heterocycles. The van der Waals surface area contributed by atoms with Gasteiger partial charge in [0.15, 0.2) is 0 Å². The molecule has 116 valence electrons. The number of rotatable bonds is 5. The maximum atomic E-state index is 12.5. The minimum atomic E-state index is -0.929. The Morgan fingerprint density at radius 3 is 2.33 bits per heavy atom. The number of carboxylic acid groups (broad SMARTS) is 1. The van der Waals surface area contributed by atoms with E-state index in [1.807, 2.05) is 20.8 Å². The molecule has 0 atom stereocenters. The Labute approximate surface area is 134 Å². The zero-order valence-corrected chi connectivity index (χ0v) is 13.8. The second kappa shape index (κ2) is 7.14. The number of hydrogen-bond acceptors (Lipinski definition) is 2. The highest BCUT2D eigenvalue weighted by Gasteiger charge is 2.27. The minimum absolute atomic E-state index is 0.0860. The van der Waals surface area contributed by atoms with E-state index in [4.69, 9.17) is 28.3 Å². The number of hydrogen-bond donors (Lipinski definition) is 1. The first-order valence-corrected chi connectivity index (χ1v) is 7.33. The second-order valence-corrected chi connectivity index (χ2v) is 6.62. The van der Waals surface area contributed by atoms with Gasteiger partial charge in [0, 0.05) is 22.1 Å². The van der Waals surface area contributed by atoms with Crippen LogP contribution in [0.5, 0.6) is 0 Å². The van der Waals surface area contributed by atoms with Crippen LogP contribution in [0.15, 0.2) is 18.2 Å². The molecule has 4 nitrogen and oxygen atoms in total. The first-order valence-electron chi connectivity index (χ1n) is 6.57. The molecule has 0 saturated heterocycles. The van der Waals surface area contributed by atoms with E-state index in [9.17, 15) is 9.59 Å². The molecule has 1 N–H and O–H groups in total. The van der Waals surface area contributed by atoms with E-state index < -0.39 is 11.5 Å². The van der Waals surface area contributed by atoms with Gasteiger partial charge in [0.05, 0.1) is 12.8 Å². The summed E-state index contributed by atoms with van der Waals surface area (Å²) in [5.41, 5.74) is 0.224. The number of nitrogens with zero attached hydrogens (tertiary/aromatic N) is 1. The number of amides is 1. The molecule has 0 heterocycles. The van der Waals surface area contributed by atoms with Crippen LogP contribution in [-0.2, 0) is 16.0 Å². The van der Waals surface area contributed by atoms with Crippen LogP contribution in [0.25, 0.3) is 0 Å². The molecule has 0 radical (unpaired) electrons. The summed E-state index contributed by atoms with van der Waals surface area (Å²) in [6, 6.07) is 4.97. The molecule has 6 heteroatoms. The van der Waals surface area contributed by atoms with Crippen molar-refractivity contribution in [3.63, 3.8) is 0 Å². The Morgan fingerprint density at radius 1 is 1.24 bits per heavy atom. The number of aliphatic carboxylic acids is 1. The van der Waals surface area contributed by atoms with E-state index in [0.29, 0.717) is 15.6 Å². The first kappa shape index (κ1) is 17.8. The Kier molecular flexibility index (Phi) is 6.05. The number of carbonyl (C=O) groups is 2. The molecule has 0 unspecified atom stereocenters. The monoisotopic (exact) mass is 331 g/mol. The van der Waals surface area contributed by atoms with Crippen molar-refractivity contribution in [1.82, 2.24) is 4.90 Å². The van der Waals surface area contributed by atoms with Gasteiger partial charge in [-0.1, -0.05) is 29.3 Å². The van der Waals surface area contributed by atoms with Crippen molar-refractivity contribution in [1.29, 1.82) is 0 Å². The van der Waals surface area contributed by atoms with Crippen molar-refractivity contribution in [2.45, 2.75) is 39.2 Å². The maximum absolute atomic E-state index is 12.5. The zero-order chi connectivity index (χ0) is 16.2. The summed E-state index contributed by atoms with van der Waals surface area (Å²) in [4.78, 5) is 24.7. The van der Waals surface area contributed by atoms with Crippen molar-refractivity contribution < 1.29 is 14.7 Å². The second-order valence-electron chi connectivity index (χ2n) is 5.77. The van der Waals surface area contributed by atoms with Crippen LogP contribution >= 0.6 is 23.2 Å². The van der Waals surface area contributed by atoms with E-state index in [2.05, 4.69) is 0 Å². The number of carboxylic acids is 1. The van der Waals surface area contributed by atoms with E-state index in [-0.39, 0.29) is 25.3 Å². The molecule has 0 aliphatic rings. The van der Waals surface area contributed by atoms with Crippen LogP contribution in [-0.4, -0.2) is 34.0 Å². The predicted octanol–water partition coefficient (Wildman–Crippen LogP) is 3.64. The fourth-order valence-electron chi connectivity index (χ4n) is 1.97. The van der Waals surface area contributed by atoms with Crippen LogP contribution in [0.2, 0.25) is 10.0 Å². The van der Waals surface area contributed by atoms with Crippen molar-refractivity contribution in [2.75, 3.05) is 6.54 Å². The lowest BCUT2D eigenvalue weighted by molar-refractivity contribution is -0.140. The van der Waals surface area contributed by atoms with Gasteiger partial charge in [0.2, 0.25) is 5.91 Å². The number of benzene rings is 1. The number of halogens is 2. The quantitative estimate of drug-likeness (QED) is 0.896. The molecule has 0 bridgehead atoms. The average Bonchev–Trinajstić information content (AvgIpc) is 2.30. The van der Waals surface area contributed by atoms with Gasteiger partial charge < -0.3 is 10.0 Å². The van der Waals surface area contributed by atoms with Crippen LogP contribution in [0.3, 0.4) is 0 Å². The average molecular weight is 332 g/mol. The number of carbonyl (C=O) groups excluding carboxylic acids is 1. The standard InChI is InChI=1S/C15H19Cl2NO3/c1-15(2,3)18(7-6-14(20)21)13(19)8-10-4-5-11(16)9-12(10)17/h4-5,9H,6-8H2,1-3H3,(H,20,21). The minimum Gasteiger partial charge on any atom is -0.481 e. The summed E-state index contributed by atoms with van der Waals surface area (Å²) in [6.45, 7) is 5.78. The molecule has 0 spiro atoms. The summed E-state index contributed by atoms with van der Waals surface area (Å²) in [5, 5.41) is 9.74. The fourth-order valence-corrected chi connectivity index (χ4v) is 2.44. The highest BCUT2D eigenvalue weighted by Crippen LogP contribution is 2.23. The Bertz CT molecular complexity index is 538. The summed E-state index contributed by atoms with van der Waals surface area (Å²) in [5.74, 6) is -1.09. The molecule has 1 rings (SSSR count). The highest BCUT2D eigenvalue weighted by atomic mass is 35.5. The largest absolute Gasteiger partial charge is 0.481 e. The van der Waals surface area contributed by atoms with Crippen molar-refractivity contribution >= 4 is 35.1 Å². The normalized spacial score (nSPS) is 11.3. The molecule has 21 heavy (non-hydrogen) atoms. The molecule has 0 aliphatic carbocycles. The van der Waals surface area contributed by atoms with Crippen LogP contribution in [0.1, 0.15) is 32.8 Å². The fraction of sp³-hybridized carbons (Fsp3) is 0.467. The maximum Gasteiger partial charge on any atom is 0.305 e. The SMILES string of the molecule is CC(C)(C)N(CCC(=O)O)C(=O)Cc1ccc(Cl)cc1Cl. The summed E-state index contributed by atoms with van der Waals surface area (Å²) < 4.78 is 0. The smallest absolute Gasteiger partial charge is 0.305 e. The Balaban J connectivity index is 2.88. The zero-order valence-electron chi connectivity index (χ0n) is 12.3. The molecule has 1 aromatic rings. The van der Waals surface area contributed by atoms with Crippen molar-refractivity contribution in [3.05, 3.63) is 33.8 Å². The van der Waals surface area contributed by atoms with E-state index in [0.717, 1.165) is 0 Å². The van der Waals surface area contributed by atoms with Gasteiger partial charge in [0.25, 0.3) is 0 Å². The lowest BCUT2D eigenvalue weighted by Gasteiger charge is -2.35. The summed E-state index contributed by atoms with van der Waals surface area (Å²) in [7, 11) is 0. The first-order chi connectivity index (χ1) is 9.61. The molecule has 0 saturated carbocycles. The van der Waals surface area contributed by atoms with Crippen molar-refractivity contribution in [3.8, 4) is 0 Å². The van der Waals surface area contributed by atoms with Crippen molar-refractivity contribution in [2.24, 2.45) is 0 Å². The van der Waals surface area contributed by atoms with E-state index in [1.165, 1.54) is 0 Å². The van der Waals surface area contributed by atoms with E-state index >= 15 is 0 Å². The van der Waals surface area contributed by atoms with Crippen LogP contribution in [0, 0.1) is 0 Å². The summed E-state index contributed by atoms with van der Waals surface area (Å²) >= 11 is 11.9. The van der Waals surface area contributed by atoms with E-state index in [1.54, 1.807) is 23.1 Å². The van der Waals surface area contributed by atoms with Crippen LogP contribution < -0.4 is 0 Å². The van der Waals surface area contributed by atoms with Gasteiger partial charge in [-0.3, -0.25) is 9.59 Å². The lowest BCUT2D eigenvalue weighted by atomic mass is 10.0. The lowest BCUT2D eigenvalue weighted by Crippen LogP contribution is -2.47. The van der Waals surface area contributed by atoms with Gasteiger partial charge in [-0.15, -0.1) is 0 Å². The van der Waals surface area contributed by atoms with Gasteiger partial charge in [-0.2, -0.15) is 0 Å². The van der Waals surface area contributed by atoms with Gasteiger partial charge in [-0.05, 0) is 38.5 Å². The third-order valence-electron chi connectivity index (χ3n) is 3.02. The molecule has 0 aromatic heterocycles. The van der Waals surface area contributed by atoms with Gasteiger partial charge >= 0.3 is 5.97 Å². The topological polar surface area (TPSA) is 57.6 Å². The molecular weight excluding hydrogens is 313 g/mol. The molecule has 1 aromatic carbocycles. The van der Waals surface area contributed by atoms with Gasteiger partial charge in [0.1, 0.15) is 0 Å². The summed E-state index contributed by atoms with van der Waals surface area (Å²) in [6.07, 6.45) is 0.0320.